The molecule has 178 valence electrons. The summed E-state index contributed by atoms with van der Waals surface area (Å²) in [4.78, 5) is 23.6. The highest BCUT2D eigenvalue weighted by atomic mass is 16.6. The number of carbonyl (C=O) groups is 2. The molecule has 3 aromatic rings. The zero-order valence-corrected chi connectivity index (χ0v) is 18.8. The van der Waals surface area contributed by atoms with Crippen molar-refractivity contribution in [3.63, 3.8) is 0 Å². The van der Waals surface area contributed by atoms with Crippen LogP contribution in [0.1, 0.15) is 11.1 Å². The Bertz CT molecular complexity index is 932. The second kappa shape index (κ2) is 14.1. The maximum Gasteiger partial charge on any atom is 0.407 e. The monoisotopic (exact) mass is 464 g/mol. The number of para-hydroxylation sites is 2. The molecule has 0 saturated carbocycles. The minimum atomic E-state index is -0.512. The summed E-state index contributed by atoms with van der Waals surface area (Å²) in [7, 11) is 0. The average molecular weight is 465 g/mol. The van der Waals surface area contributed by atoms with E-state index in [0.717, 1.165) is 11.1 Å². The largest absolute Gasteiger partial charge is 0.488 e. The zero-order chi connectivity index (χ0) is 23.8. The first-order valence-corrected chi connectivity index (χ1v) is 10.9. The Morgan fingerprint density at radius 3 is 1.35 bits per heavy atom. The number of rotatable bonds is 12. The van der Waals surface area contributed by atoms with Crippen LogP contribution in [-0.2, 0) is 22.7 Å². The van der Waals surface area contributed by atoms with Crippen LogP contribution in [0.2, 0.25) is 0 Å². The number of amides is 2. The van der Waals surface area contributed by atoms with Gasteiger partial charge in [0.1, 0.15) is 26.4 Å². The number of ether oxygens (including phenoxy) is 4. The molecule has 3 aromatic carbocycles. The Morgan fingerprint density at radius 2 is 0.941 bits per heavy atom. The number of alkyl carbamates (subject to hydrolysis) is 2. The van der Waals surface area contributed by atoms with Crippen molar-refractivity contribution in [3.8, 4) is 11.5 Å². The van der Waals surface area contributed by atoms with E-state index in [1.165, 1.54) is 0 Å². The van der Waals surface area contributed by atoms with Crippen LogP contribution in [0.15, 0.2) is 84.9 Å². The quantitative estimate of drug-likeness (QED) is 0.388. The fraction of sp³-hybridized carbons (Fsp3) is 0.231. The summed E-state index contributed by atoms with van der Waals surface area (Å²) < 4.78 is 21.7. The molecule has 0 aliphatic heterocycles. The molecule has 0 spiro atoms. The van der Waals surface area contributed by atoms with E-state index in [0.29, 0.717) is 11.5 Å². The summed E-state index contributed by atoms with van der Waals surface area (Å²) in [6.45, 7) is 1.44. The van der Waals surface area contributed by atoms with Gasteiger partial charge in [0.2, 0.25) is 0 Å². The van der Waals surface area contributed by atoms with E-state index in [2.05, 4.69) is 10.6 Å². The lowest BCUT2D eigenvalue weighted by Crippen LogP contribution is -2.29. The standard InChI is InChI=1S/C26H28N2O6/c29-25(33-19-21-9-3-1-4-10-21)27-15-17-31-23-13-7-8-14-24(23)32-18-16-28-26(30)34-20-22-11-5-2-6-12-22/h1-14H,15-20H2,(H,27,29)(H,28,30). The molecule has 0 bridgehead atoms. The van der Waals surface area contributed by atoms with Gasteiger partial charge in [-0.25, -0.2) is 9.59 Å². The van der Waals surface area contributed by atoms with Gasteiger partial charge in [0.15, 0.2) is 11.5 Å². The van der Waals surface area contributed by atoms with Crippen LogP contribution in [0.4, 0.5) is 9.59 Å². The Balaban J connectivity index is 1.29. The predicted octanol–water partition coefficient (Wildman–Crippen LogP) is 4.30. The second-order valence-corrected chi connectivity index (χ2v) is 7.12. The van der Waals surface area contributed by atoms with Crippen LogP contribution >= 0.6 is 0 Å². The van der Waals surface area contributed by atoms with Gasteiger partial charge in [0, 0.05) is 0 Å². The lowest BCUT2D eigenvalue weighted by molar-refractivity contribution is 0.136. The molecule has 8 heteroatoms. The Labute approximate surface area is 198 Å². The van der Waals surface area contributed by atoms with E-state index in [1.807, 2.05) is 72.8 Å². The predicted molar refractivity (Wildman–Crippen MR) is 127 cm³/mol. The van der Waals surface area contributed by atoms with Gasteiger partial charge in [-0.05, 0) is 23.3 Å². The molecule has 0 atom stereocenters. The highest BCUT2D eigenvalue weighted by Crippen LogP contribution is 2.26. The third kappa shape index (κ3) is 9.12. The molecule has 0 aliphatic rings. The van der Waals surface area contributed by atoms with Gasteiger partial charge in [-0.2, -0.15) is 0 Å². The van der Waals surface area contributed by atoms with Gasteiger partial charge >= 0.3 is 12.2 Å². The molecule has 0 fully saturated rings. The summed E-state index contributed by atoms with van der Waals surface area (Å²) in [5.41, 5.74) is 1.83. The second-order valence-electron chi connectivity index (χ2n) is 7.12. The molecule has 0 saturated heterocycles. The van der Waals surface area contributed by atoms with Crippen molar-refractivity contribution in [1.82, 2.24) is 10.6 Å². The van der Waals surface area contributed by atoms with Crippen molar-refractivity contribution >= 4 is 12.2 Å². The van der Waals surface area contributed by atoms with Crippen molar-refractivity contribution in [2.24, 2.45) is 0 Å². The Morgan fingerprint density at radius 1 is 0.559 bits per heavy atom. The molecule has 0 heterocycles. The third-order valence-corrected chi connectivity index (χ3v) is 4.53. The van der Waals surface area contributed by atoms with Crippen LogP contribution in [0.3, 0.4) is 0 Å². The molecule has 0 aromatic heterocycles. The van der Waals surface area contributed by atoms with Gasteiger partial charge in [-0.15, -0.1) is 0 Å². The summed E-state index contributed by atoms with van der Waals surface area (Å²) in [5.74, 6) is 1.07. The number of benzene rings is 3. The van der Waals surface area contributed by atoms with Crippen molar-refractivity contribution in [2.45, 2.75) is 13.2 Å². The maximum absolute atomic E-state index is 11.8. The van der Waals surface area contributed by atoms with Crippen LogP contribution in [0, 0.1) is 0 Å². The first-order valence-electron chi connectivity index (χ1n) is 10.9. The van der Waals surface area contributed by atoms with Crippen LogP contribution in [-0.4, -0.2) is 38.5 Å². The molecule has 2 N–H and O–H groups in total. The molecule has 34 heavy (non-hydrogen) atoms. The number of hydrogen-bond acceptors (Lipinski definition) is 6. The summed E-state index contributed by atoms with van der Waals surface area (Å²) in [6, 6.07) is 26.1. The fourth-order valence-corrected chi connectivity index (χ4v) is 2.87. The van der Waals surface area contributed by atoms with Gasteiger partial charge in [0.25, 0.3) is 0 Å². The lowest BCUT2D eigenvalue weighted by Gasteiger charge is -2.13. The molecule has 0 aliphatic carbocycles. The first-order chi connectivity index (χ1) is 16.7. The molecule has 0 unspecified atom stereocenters. The normalized spacial score (nSPS) is 10.1. The van der Waals surface area contributed by atoms with Crippen molar-refractivity contribution in [2.75, 3.05) is 26.3 Å². The van der Waals surface area contributed by atoms with Crippen molar-refractivity contribution < 1.29 is 28.5 Å². The first kappa shape index (κ1) is 24.4. The lowest BCUT2D eigenvalue weighted by atomic mass is 10.2. The molecule has 2 amide bonds. The molecule has 3 rings (SSSR count). The van der Waals surface area contributed by atoms with Gasteiger partial charge in [-0.1, -0.05) is 72.8 Å². The summed E-state index contributed by atoms with van der Waals surface area (Å²) in [6.07, 6.45) is -1.02. The minimum absolute atomic E-state index is 0.206. The smallest absolute Gasteiger partial charge is 0.407 e. The summed E-state index contributed by atoms with van der Waals surface area (Å²) in [5, 5.41) is 5.29. The molecular weight excluding hydrogens is 436 g/mol. The van der Waals surface area contributed by atoms with Crippen LogP contribution < -0.4 is 20.1 Å². The molecular formula is C26H28N2O6. The van der Waals surface area contributed by atoms with Crippen LogP contribution in [0.5, 0.6) is 11.5 Å². The molecule has 0 radical (unpaired) electrons. The minimum Gasteiger partial charge on any atom is -0.488 e. The third-order valence-electron chi connectivity index (χ3n) is 4.53. The van der Waals surface area contributed by atoms with E-state index < -0.39 is 12.2 Å². The van der Waals surface area contributed by atoms with Crippen molar-refractivity contribution in [3.05, 3.63) is 96.1 Å². The van der Waals surface area contributed by atoms with Crippen LogP contribution in [0.25, 0.3) is 0 Å². The highest BCUT2D eigenvalue weighted by molar-refractivity contribution is 5.67. The van der Waals surface area contributed by atoms with E-state index in [4.69, 9.17) is 18.9 Å². The van der Waals surface area contributed by atoms with Gasteiger partial charge in [-0.3, -0.25) is 0 Å². The number of hydrogen-bond donors (Lipinski definition) is 2. The number of carbonyl (C=O) groups excluding carboxylic acids is 2. The number of nitrogens with one attached hydrogen (secondary N) is 2. The van der Waals surface area contributed by atoms with Gasteiger partial charge < -0.3 is 29.6 Å². The van der Waals surface area contributed by atoms with E-state index in [-0.39, 0.29) is 39.5 Å². The highest BCUT2D eigenvalue weighted by Gasteiger charge is 2.07. The van der Waals surface area contributed by atoms with Crippen molar-refractivity contribution in [1.29, 1.82) is 0 Å². The van der Waals surface area contributed by atoms with E-state index in [9.17, 15) is 9.59 Å². The van der Waals surface area contributed by atoms with Gasteiger partial charge in [0.05, 0.1) is 13.1 Å². The topological polar surface area (TPSA) is 95.1 Å². The summed E-state index contributed by atoms with van der Waals surface area (Å²) >= 11 is 0. The van der Waals surface area contributed by atoms with E-state index >= 15 is 0 Å². The Kier molecular flexibility index (Phi) is 10.1. The zero-order valence-electron chi connectivity index (χ0n) is 18.8. The Hall–Kier alpha value is -4.20. The SMILES string of the molecule is O=C(NCCOc1ccccc1OCCNC(=O)OCc1ccccc1)OCc1ccccc1. The van der Waals surface area contributed by atoms with E-state index in [1.54, 1.807) is 12.1 Å². The molecule has 8 nitrogen and oxygen atoms in total. The average Bonchev–Trinajstić information content (AvgIpc) is 2.88. The fourth-order valence-electron chi connectivity index (χ4n) is 2.87. The maximum atomic E-state index is 11.8.